The Morgan fingerprint density at radius 1 is 1.23 bits per heavy atom. The van der Waals surface area contributed by atoms with E-state index in [4.69, 9.17) is 0 Å². The minimum atomic E-state index is 0.796. The molecular formula is C10H8Br2O. The molecule has 0 radical (unpaired) electrons. The second kappa shape index (κ2) is 4.72. The van der Waals surface area contributed by atoms with Gasteiger partial charge in [-0.1, -0.05) is 31.9 Å². The topological polar surface area (TPSA) is 17.1 Å². The van der Waals surface area contributed by atoms with Crippen LogP contribution in [0.5, 0.6) is 0 Å². The number of halogens is 2. The Morgan fingerprint density at radius 3 is 2.23 bits per heavy atom. The Morgan fingerprint density at radius 2 is 1.77 bits per heavy atom. The Bertz CT molecular complexity index is 336. The maximum absolute atomic E-state index is 10.3. The molecule has 0 saturated heterocycles. The molecule has 68 valence electrons. The molecule has 0 N–H and O–H groups in total. The highest BCUT2D eigenvalue weighted by Crippen LogP contribution is 2.24. The lowest BCUT2D eigenvalue weighted by Gasteiger charge is -2.02. The summed E-state index contributed by atoms with van der Waals surface area (Å²) in [4.78, 5) is 10.3. The lowest BCUT2D eigenvalue weighted by atomic mass is 10.1. The summed E-state index contributed by atoms with van der Waals surface area (Å²) in [5, 5.41) is 0. The molecule has 0 aromatic heterocycles. The molecule has 1 nitrogen and oxygen atoms in total. The second-order valence-electron chi connectivity index (χ2n) is 2.64. The van der Waals surface area contributed by atoms with Crippen molar-refractivity contribution in [3.05, 3.63) is 38.8 Å². The number of hydrogen-bond donors (Lipinski definition) is 0. The molecule has 1 aromatic carbocycles. The van der Waals surface area contributed by atoms with Crippen molar-refractivity contribution in [3.63, 3.8) is 0 Å². The molecule has 0 spiro atoms. The first kappa shape index (κ1) is 10.7. The van der Waals surface area contributed by atoms with Crippen molar-refractivity contribution >= 4 is 43.7 Å². The fraction of sp³-hybridized carbons (Fsp3) is 0.100. The molecule has 0 aliphatic heterocycles. The van der Waals surface area contributed by atoms with Gasteiger partial charge in [-0.15, -0.1) is 0 Å². The zero-order valence-electron chi connectivity index (χ0n) is 7.05. The summed E-state index contributed by atoms with van der Waals surface area (Å²) in [6, 6.07) is 5.90. The van der Waals surface area contributed by atoms with Gasteiger partial charge in [0.05, 0.1) is 0 Å². The summed E-state index contributed by atoms with van der Waals surface area (Å²) in [5.41, 5.74) is 1.99. The van der Waals surface area contributed by atoms with Gasteiger partial charge >= 0.3 is 0 Å². The second-order valence-corrected chi connectivity index (χ2v) is 4.48. The van der Waals surface area contributed by atoms with E-state index >= 15 is 0 Å². The molecule has 0 aliphatic carbocycles. The van der Waals surface area contributed by atoms with Crippen LogP contribution in [-0.4, -0.2) is 6.29 Å². The van der Waals surface area contributed by atoms with Crippen LogP contribution in [0.15, 0.2) is 33.2 Å². The summed E-state index contributed by atoms with van der Waals surface area (Å²) in [7, 11) is 0. The van der Waals surface area contributed by atoms with Gasteiger partial charge in [0.1, 0.15) is 6.29 Å². The van der Waals surface area contributed by atoms with Crippen LogP contribution in [-0.2, 0) is 4.79 Å². The number of carbonyl (C=O) groups is 1. The van der Waals surface area contributed by atoms with Crippen molar-refractivity contribution in [2.24, 2.45) is 0 Å². The quantitative estimate of drug-likeness (QED) is 0.600. The molecule has 0 unspecified atom stereocenters. The zero-order valence-corrected chi connectivity index (χ0v) is 10.2. The Balaban J connectivity index is 3.15. The van der Waals surface area contributed by atoms with Crippen LogP contribution in [0.3, 0.4) is 0 Å². The largest absolute Gasteiger partial charge is 0.299 e. The number of benzene rings is 1. The van der Waals surface area contributed by atoms with Crippen molar-refractivity contribution in [2.45, 2.75) is 6.92 Å². The van der Waals surface area contributed by atoms with Gasteiger partial charge in [-0.05, 0) is 42.3 Å². The van der Waals surface area contributed by atoms with E-state index in [-0.39, 0.29) is 0 Å². The van der Waals surface area contributed by atoms with E-state index in [0.29, 0.717) is 0 Å². The average molecular weight is 304 g/mol. The minimum absolute atomic E-state index is 0.796. The Kier molecular flexibility index (Phi) is 3.88. The fourth-order valence-corrected chi connectivity index (χ4v) is 2.27. The average Bonchev–Trinajstić information content (AvgIpc) is 2.03. The highest BCUT2D eigenvalue weighted by atomic mass is 79.9. The van der Waals surface area contributed by atoms with Crippen LogP contribution in [0.2, 0.25) is 0 Å². The van der Waals surface area contributed by atoms with Gasteiger partial charge in [-0.25, -0.2) is 0 Å². The third-order valence-corrected chi connectivity index (χ3v) is 2.55. The minimum Gasteiger partial charge on any atom is -0.299 e. The molecule has 13 heavy (non-hydrogen) atoms. The predicted molar refractivity (Wildman–Crippen MR) is 61.6 cm³/mol. The van der Waals surface area contributed by atoms with Crippen molar-refractivity contribution < 1.29 is 4.79 Å². The van der Waals surface area contributed by atoms with Gasteiger partial charge in [0.25, 0.3) is 0 Å². The maximum atomic E-state index is 10.3. The lowest BCUT2D eigenvalue weighted by molar-refractivity contribution is -0.104. The van der Waals surface area contributed by atoms with Crippen LogP contribution in [0.1, 0.15) is 12.5 Å². The van der Waals surface area contributed by atoms with Crippen LogP contribution >= 0.6 is 31.9 Å². The van der Waals surface area contributed by atoms with Gasteiger partial charge in [0.15, 0.2) is 0 Å². The molecule has 3 heteroatoms. The normalized spacial score (nSPS) is 11.5. The smallest absolute Gasteiger partial charge is 0.143 e. The van der Waals surface area contributed by atoms with Crippen molar-refractivity contribution in [3.8, 4) is 0 Å². The molecule has 0 atom stereocenters. The van der Waals surface area contributed by atoms with E-state index < -0.39 is 0 Å². The summed E-state index contributed by atoms with van der Waals surface area (Å²) in [6.07, 6.45) is 2.35. The van der Waals surface area contributed by atoms with E-state index in [9.17, 15) is 4.79 Å². The third-order valence-electron chi connectivity index (χ3n) is 1.64. The number of allylic oxidation sites excluding steroid dienone is 2. The summed E-state index contributed by atoms with van der Waals surface area (Å²) >= 11 is 6.77. The zero-order chi connectivity index (χ0) is 9.84. The van der Waals surface area contributed by atoms with Crippen LogP contribution < -0.4 is 0 Å². The lowest BCUT2D eigenvalue weighted by Crippen LogP contribution is -1.81. The molecule has 0 fully saturated rings. The van der Waals surface area contributed by atoms with Crippen molar-refractivity contribution in [1.82, 2.24) is 0 Å². The van der Waals surface area contributed by atoms with Crippen LogP contribution in [0.25, 0.3) is 5.57 Å². The van der Waals surface area contributed by atoms with Crippen molar-refractivity contribution in [1.29, 1.82) is 0 Å². The molecule has 0 aliphatic rings. The number of carbonyl (C=O) groups excluding carboxylic acids is 1. The first-order valence-corrected chi connectivity index (χ1v) is 5.30. The Hall–Kier alpha value is -0.410. The molecule has 0 amide bonds. The molecular weight excluding hydrogens is 296 g/mol. The molecule has 0 bridgehead atoms. The predicted octanol–water partition coefficient (Wildman–Crippen LogP) is 3.81. The van der Waals surface area contributed by atoms with Crippen LogP contribution in [0.4, 0.5) is 0 Å². The van der Waals surface area contributed by atoms with Gasteiger partial charge in [0.2, 0.25) is 0 Å². The van der Waals surface area contributed by atoms with Gasteiger partial charge < -0.3 is 0 Å². The van der Waals surface area contributed by atoms with E-state index in [1.165, 1.54) is 0 Å². The first-order valence-electron chi connectivity index (χ1n) is 3.72. The summed E-state index contributed by atoms with van der Waals surface area (Å²) in [5.74, 6) is 0. The van der Waals surface area contributed by atoms with E-state index in [0.717, 1.165) is 26.4 Å². The van der Waals surface area contributed by atoms with E-state index in [1.807, 2.05) is 25.1 Å². The van der Waals surface area contributed by atoms with E-state index in [2.05, 4.69) is 31.9 Å². The SMILES string of the molecule is CC(=CC=O)c1cc(Br)cc(Br)c1. The summed E-state index contributed by atoms with van der Waals surface area (Å²) < 4.78 is 1.99. The summed E-state index contributed by atoms with van der Waals surface area (Å²) in [6.45, 7) is 1.91. The molecule has 1 rings (SSSR count). The Labute approximate surface area is 94.1 Å². The standard InChI is InChI=1S/C10H8Br2O/c1-7(2-3-13)8-4-9(11)6-10(12)5-8/h2-6H,1H3. The van der Waals surface area contributed by atoms with Crippen molar-refractivity contribution in [2.75, 3.05) is 0 Å². The highest BCUT2D eigenvalue weighted by molar-refractivity contribution is 9.11. The molecule has 0 heterocycles. The van der Waals surface area contributed by atoms with Crippen LogP contribution in [0, 0.1) is 0 Å². The first-order chi connectivity index (χ1) is 6.13. The number of aldehydes is 1. The van der Waals surface area contributed by atoms with Gasteiger partial charge in [-0.2, -0.15) is 0 Å². The highest BCUT2D eigenvalue weighted by Gasteiger charge is 1.98. The monoisotopic (exact) mass is 302 g/mol. The third kappa shape index (κ3) is 3.08. The molecule has 1 aromatic rings. The fourth-order valence-electron chi connectivity index (χ4n) is 0.980. The van der Waals surface area contributed by atoms with E-state index in [1.54, 1.807) is 6.08 Å². The van der Waals surface area contributed by atoms with Gasteiger partial charge in [0, 0.05) is 8.95 Å². The number of hydrogen-bond acceptors (Lipinski definition) is 1. The maximum Gasteiger partial charge on any atom is 0.143 e. The number of rotatable bonds is 2. The van der Waals surface area contributed by atoms with Gasteiger partial charge in [-0.3, -0.25) is 4.79 Å². The molecule has 0 saturated carbocycles.